The highest BCUT2D eigenvalue weighted by Gasteiger charge is 2.07. The molecule has 2 rings (SSSR count). The molecule has 5 nitrogen and oxygen atoms in total. The van der Waals surface area contributed by atoms with Crippen molar-refractivity contribution in [3.63, 3.8) is 0 Å². The first-order chi connectivity index (χ1) is 10.1. The number of hydrogen-bond donors (Lipinski definition) is 1. The monoisotopic (exact) mass is 306 g/mol. The first-order valence-electron chi connectivity index (χ1n) is 6.70. The second-order valence-corrected chi connectivity index (χ2v) is 5.57. The van der Waals surface area contributed by atoms with E-state index in [9.17, 15) is 4.79 Å². The Balaban J connectivity index is 2.17. The van der Waals surface area contributed by atoms with Gasteiger partial charge in [-0.15, -0.1) is 0 Å². The zero-order valence-electron chi connectivity index (χ0n) is 12.3. The molecule has 1 heterocycles. The van der Waals surface area contributed by atoms with E-state index >= 15 is 0 Å². The molecule has 1 N–H and O–H groups in total. The van der Waals surface area contributed by atoms with Crippen molar-refractivity contribution in [2.75, 3.05) is 7.11 Å². The minimum absolute atomic E-state index is 0.0261. The van der Waals surface area contributed by atoms with Crippen LogP contribution in [0.15, 0.2) is 45.2 Å². The van der Waals surface area contributed by atoms with E-state index in [0.717, 1.165) is 17.1 Å². The van der Waals surface area contributed by atoms with Crippen molar-refractivity contribution < 1.29 is 9.47 Å². The van der Waals surface area contributed by atoms with Gasteiger partial charge in [-0.05, 0) is 37.6 Å². The Labute approximate surface area is 127 Å². The van der Waals surface area contributed by atoms with Gasteiger partial charge < -0.3 is 14.5 Å². The molecule has 0 spiro atoms. The number of benzene rings is 1. The third kappa shape index (κ3) is 4.53. The van der Waals surface area contributed by atoms with Gasteiger partial charge in [0.1, 0.15) is 5.75 Å². The molecule has 1 aromatic heterocycles. The Bertz CT molecular complexity index is 640. The number of aromatic nitrogens is 2. The zero-order chi connectivity index (χ0) is 15.2. The minimum atomic E-state index is -0.223. The van der Waals surface area contributed by atoms with Crippen molar-refractivity contribution >= 4 is 11.8 Å². The number of methoxy groups -OCH3 is 1. The molecule has 1 aromatic carbocycles. The maximum Gasteiger partial charge on any atom is 0.255 e. The Morgan fingerprint density at radius 3 is 2.67 bits per heavy atom. The second kappa shape index (κ2) is 7.17. The predicted molar refractivity (Wildman–Crippen MR) is 82.4 cm³/mol. The number of aromatic amines is 1. The maximum absolute atomic E-state index is 11.7. The van der Waals surface area contributed by atoms with Crippen LogP contribution in [-0.4, -0.2) is 23.2 Å². The van der Waals surface area contributed by atoms with Crippen LogP contribution < -0.4 is 15.0 Å². The van der Waals surface area contributed by atoms with E-state index in [1.54, 1.807) is 7.11 Å². The highest BCUT2D eigenvalue weighted by molar-refractivity contribution is 7.99. The third-order valence-electron chi connectivity index (χ3n) is 2.87. The molecule has 0 aliphatic carbocycles. The topological polar surface area (TPSA) is 64.2 Å². The first-order valence-corrected chi connectivity index (χ1v) is 7.52. The average molecular weight is 306 g/mol. The molecular weight excluding hydrogens is 288 g/mol. The van der Waals surface area contributed by atoms with Crippen LogP contribution in [0.3, 0.4) is 0 Å². The van der Waals surface area contributed by atoms with Crippen molar-refractivity contribution in [3.8, 4) is 11.6 Å². The highest BCUT2D eigenvalue weighted by Crippen LogP contribution is 2.26. The van der Waals surface area contributed by atoms with E-state index in [1.807, 2.05) is 38.1 Å². The van der Waals surface area contributed by atoms with Gasteiger partial charge in [0.2, 0.25) is 5.88 Å². The average Bonchev–Trinajstić information content (AvgIpc) is 2.47. The molecule has 1 unspecified atom stereocenters. The van der Waals surface area contributed by atoms with Gasteiger partial charge in [0, 0.05) is 4.90 Å². The minimum Gasteiger partial charge on any atom is -0.497 e. The van der Waals surface area contributed by atoms with Crippen LogP contribution >= 0.6 is 11.8 Å². The van der Waals surface area contributed by atoms with Gasteiger partial charge in [0.25, 0.3) is 5.56 Å². The maximum atomic E-state index is 11.7. The molecule has 0 aliphatic heterocycles. The lowest BCUT2D eigenvalue weighted by molar-refractivity contribution is 0.206. The SMILES string of the molecule is CCC(C)Oc1cc(=O)[nH]c(Sc2ccc(OC)cc2)n1. The predicted octanol–water partition coefficient (Wildman–Crippen LogP) is 3.11. The van der Waals surface area contributed by atoms with Gasteiger partial charge in [0.05, 0.1) is 19.3 Å². The number of rotatable bonds is 6. The summed E-state index contributed by atoms with van der Waals surface area (Å²) in [6.07, 6.45) is 0.883. The molecule has 0 fully saturated rings. The summed E-state index contributed by atoms with van der Waals surface area (Å²) in [7, 11) is 1.62. The summed E-state index contributed by atoms with van der Waals surface area (Å²) >= 11 is 1.37. The zero-order valence-corrected chi connectivity index (χ0v) is 13.1. The molecule has 0 aliphatic rings. The fraction of sp³-hybridized carbons (Fsp3) is 0.333. The van der Waals surface area contributed by atoms with Gasteiger partial charge >= 0.3 is 0 Å². The van der Waals surface area contributed by atoms with Crippen LogP contribution in [0.2, 0.25) is 0 Å². The Kier molecular flexibility index (Phi) is 5.27. The normalized spacial score (nSPS) is 12.0. The number of hydrogen-bond acceptors (Lipinski definition) is 5. The number of ether oxygens (including phenoxy) is 2. The molecule has 112 valence electrons. The van der Waals surface area contributed by atoms with E-state index in [1.165, 1.54) is 17.8 Å². The first kappa shape index (κ1) is 15.4. The standard InChI is InChI=1S/C15H18N2O3S/c1-4-10(2)20-14-9-13(18)16-15(17-14)21-12-7-5-11(19-3)6-8-12/h5-10H,4H2,1-3H3,(H,16,17,18). The van der Waals surface area contributed by atoms with Gasteiger partial charge in [-0.1, -0.05) is 18.7 Å². The van der Waals surface area contributed by atoms with E-state index in [4.69, 9.17) is 9.47 Å². The van der Waals surface area contributed by atoms with Crippen LogP contribution in [0.5, 0.6) is 11.6 Å². The molecule has 6 heteroatoms. The van der Waals surface area contributed by atoms with Crippen LogP contribution in [0.25, 0.3) is 0 Å². The van der Waals surface area contributed by atoms with Gasteiger partial charge in [-0.3, -0.25) is 4.79 Å². The molecule has 0 saturated heterocycles. The third-order valence-corrected chi connectivity index (χ3v) is 3.76. The van der Waals surface area contributed by atoms with Crippen molar-refractivity contribution in [3.05, 3.63) is 40.7 Å². The summed E-state index contributed by atoms with van der Waals surface area (Å²) in [6, 6.07) is 8.90. The number of H-pyrrole nitrogens is 1. The van der Waals surface area contributed by atoms with Crippen LogP contribution in [-0.2, 0) is 0 Å². The molecule has 2 aromatic rings. The van der Waals surface area contributed by atoms with Crippen molar-refractivity contribution in [2.45, 2.75) is 36.4 Å². The Morgan fingerprint density at radius 2 is 2.05 bits per heavy atom. The van der Waals surface area contributed by atoms with Gasteiger partial charge in [0.15, 0.2) is 5.16 Å². The fourth-order valence-electron chi connectivity index (χ4n) is 1.57. The van der Waals surface area contributed by atoms with E-state index in [-0.39, 0.29) is 11.7 Å². The molecule has 0 radical (unpaired) electrons. The quantitative estimate of drug-likeness (QED) is 0.831. The lowest BCUT2D eigenvalue weighted by atomic mass is 10.3. The molecule has 0 bridgehead atoms. The van der Waals surface area contributed by atoms with E-state index < -0.39 is 0 Å². The summed E-state index contributed by atoms with van der Waals surface area (Å²) in [5, 5.41) is 0.506. The molecule has 0 saturated carbocycles. The number of nitrogens with one attached hydrogen (secondary N) is 1. The molecule has 1 atom stereocenters. The second-order valence-electron chi connectivity index (χ2n) is 4.50. The summed E-state index contributed by atoms with van der Waals surface area (Å²) in [6.45, 7) is 3.96. The molecular formula is C15H18N2O3S. The summed E-state index contributed by atoms with van der Waals surface area (Å²) in [5.74, 6) is 1.14. The van der Waals surface area contributed by atoms with E-state index in [0.29, 0.717) is 11.0 Å². The molecule has 21 heavy (non-hydrogen) atoms. The summed E-state index contributed by atoms with van der Waals surface area (Å²) < 4.78 is 10.7. The van der Waals surface area contributed by atoms with Crippen LogP contribution in [0.4, 0.5) is 0 Å². The molecule has 0 amide bonds. The van der Waals surface area contributed by atoms with Crippen molar-refractivity contribution in [1.82, 2.24) is 9.97 Å². The number of nitrogens with zero attached hydrogens (tertiary/aromatic N) is 1. The van der Waals surface area contributed by atoms with Crippen LogP contribution in [0, 0.1) is 0 Å². The van der Waals surface area contributed by atoms with Crippen molar-refractivity contribution in [2.24, 2.45) is 0 Å². The van der Waals surface area contributed by atoms with E-state index in [2.05, 4.69) is 9.97 Å². The lowest BCUT2D eigenvalue weighted by Crippen LogP contribution is -2.15. The Morgan fingerprint density at radius 1 is 1.33 bits per heavy atom. The summed E-state index contributed by atoms with van der Waals surface area (Å²) in [5.41, 5.74) is -0.223. The Hall–Kier alpha value is -1.95. The highest BCUT2D eigenvalue weighted by atomic mass is 32.2. The lowest BCUT2D eigenvalue weighted by Gasteiger charge is -2.11. The van der Waals surface area contributed by atoms with Gasteiger partial charge in [-0.2, -0.15) is 4.98 Å². The van der Waals surface area contributed by atoms with Gasteiger partial charge in [-0.25, -0.2) is 0 Å². The smallest absolute Gasteiger partial charge is 0.255 e. The van der Waals surface area contributed by atoms with Crippen molar-refractivity contribution in [1.29, 1.82) is 0 Å². The largest absolute Gasteiger partial charge is 0.497 e. The fourth-order valence-corrected chi connectivity index (χ4v) is 2.35. The summed E-state index contributed by atoms with van der Waals surface area (Å²) in [4.78, 5) is 19.6. The van der Waals surface area contributed by atoms with Crippen LogP contribution in [0.1, 0.15) is 20.3 Å².